The third-order valence-electron chi connectivity index (χ3n) is 4.52. The first-order valence-corrected chi connectivity index (χ1v) is 7.72. The van der Waals surface area contributed by atoms with Gasteiger partial charge in [-0.1, -0.05) is 6.07 Å². The van der Waals surface area contributed by atoms with Gasteiger partial charge in [0.1, 0.15) is 22.5 Å². The molecule has 3 heterocycles. The fraction of sp³-hybridized carbons (Fsp3) is 0.118. The van der Waals surface area contributed by atoms with Gasteiger partial charge in [-0.2, -0.15) is 0 Å². The van der Waals surface area contributed by atoms with E-state index >= 15 is 0 Å². The molecular formula is C17H11N3O6. The molecule has 3 N–H and O–H groups in total. The Morgan fingerprint density at radius 2 is 1.81 bits per heavy atom. The summed E-state index contributed by atoms with van der Waals surface area (Å²) >= 11 is 0. The van der Waals surface area contributed by atoms with Gasteiger partial charge in [-0.25, -0.2) is 4.98 Å². The number of H-pyrrole nitrogens is 1. The minimum Gasteiger partial charge on any atom is -0.494 e. The second kappa shape index (κ2) is 4.88. The summed E-state index contributed by atoms with van der Waals surface area (Å²) in [5, 5.41) is 21.0. The van der Waals surface area contributed by atoms with Crippen molar-refractivity contribution in [2.45, 2.75) is 6.54 Å². The van der Waals surface area contributed by atoms with Gasteiger partial charge in [0.05, 0.1) is 12.9 Å². The zero-order valence-corrected chi connectivity index (χ0v) is 13.1. The number of aromatic amines is 1. The standard InChI is InChI=1S/C17H11N3O6/c21-14-10-11(15(22)13-12(14)18-5-19-13)17(24)20(16(10)23)4-7-1-2-8-9(3-7)26-6-25-8/h1-3,5,23-24H,4,6H2,(H,18,19). The number of imidazole rings is 1. The van der Waals surface area contributed by atoms with Crippen LogP contribution in [-0.2, 0) is 6.54 Å². The minimum absolute atomic E-state index is 0.00182. The molecule has 1 aliphatic carbocycles. The van der Waals surface area contributed by atoms with Crippen molar-refractivity contribution in [2.24, 2.45) is 0 Å². The highest BCUT2D eigenvalue weighted by molar-refractivity contribution is 6.29. The van der Waals surface area contributed by atoms with Crippen LogP contribution in [-0.4, -0.2) is 43.1 Å². The van der Waals surface area contributed by atoms with Crippen LogP contribution in [0.2, 0.25) is 0 Å². The Hall–Kier alpha value is -3.75. The second-order valence-corrected chi connectivity index (χ2v) is 5.96. The van der Waals surface area contributed by atoms with Gasteiger partial charge in [0, 0.05) is 0 Å². The molecular weight excluding hydrogens is 342 g/mol. The van der Waals surface area contributed by atoms with Crippen molar-refractivity contribution in [3.05, 3.63) is 52.6 Å². The van der Waals surface area contributed by atoms with Gasteiger partial charge in [-0.05, 0) is 17.7 Å². The fourth-order valence-electron chi connectivity index (χ4n) is 3.28. The van der Waals surface area contributed by atoms with Gasteiger partial charge in [-0.3, -0.25) is 14.2 Å². The molecule has 0 amide bonds. The maximum Gasteiger partial charge on any atom is 0.231 e. The van der Waals surface area contributed by atoms with Crippen molar-refractivity contribution in [3.8, 4) is 23.3 Å². The molecule has 1 aromatic carbocycles. The molecule has 0 atom stereocenters. The number of nitrogens with one attached hydrogen (secondary N) is 1. The number of aromatic hydroxyl groups is 2. The molecule has 1 aliphatic heterocycles. The highest BCUT2D eigenvalue weighted by atomic mass is 16.7. The number of ether oxygens (including phenoxy) is 2. The van der Waals surface area contributed by atoms with Gasteiger partial charge in [0.2, 0.25) is 30.1 Å². The van der Waals surface area contributed by atoms with Gasteiger partial charge in [0.15, 0.2) is 11.5 Å². The molecule has 0 saturated carbocycles. The number of ketones is 2. The van der Waals surface area contributed by atoms with E-state index in [-0.39, 0.29) is 35.9 Å². The Kier molecular flexibility index (Phi) is 2.74. The van der Waals surface area contributed by atoms with E-state index in [1.165, 1.54) is 6.33 Å². The number of hydrogen-bond acceptors (Lipinski definition) is 7. The number of carbonyl (C=O) groups is 2. The number of carbonyl (C=O) groups excluding carboxylic acids is 2. The summed E-state index contributed by atoms with van der Waals surface area (Å²) in [7, 11) is 0. The largest absolute Gasteiger partial charge is 0.494 e. The van der Waals surface area contributed by atoms with Crippen LogP contribution in [0.4, 0.5) is 0 Å². The Labute approximate surface area is 145 Å². The van der Waals surface area contributed by atoms with Crippen LogP contribution in [0.15, 0.2) is 24.5 Å². The van der Waals surface area contributed by atoms with Crippen LogP contribution < -0.4 is 9.47 Å². The van der Waals surface area contributed by atoms with E-state index in [1.54, 1.807) is 18.2 Å². The van der Waals surface area contributed by atoms with E-state index in [0.717, 1.165) is 4.57 Å². The first-order valence-electron chi connectivity index (χ1n) is 7.72. The van der Waals surface area contributed by atoms with E-state index in [1.807, 2.05) is 0 Å². The van der Waals surface area contributed by atoms with Crippen LogP contribution >= 0.6 is 0 Å². The Bertz CT molecular complexity index is 1060. The highest BCUT2D eigenvalue weighted by Crippen LogP contribution is 2.41. The lowest BCUT2D eigenvalue weighted by Gasteiger charge is -2.08. The number of hydrogen-bond donors (Lipinski definition) is 3. The monoisotopic (exact) mass is 353 g/mol. The number of nitrogens with zero attached hydrogens (tertiary/aromatic N) is 2. The molecule has 9 heteroatoms. The summed E-state index contributed by atoms with van der Waals surface area (Å²) in [4.78, 5) is 31.5. The van der Waals surface area contributed by atoms with Crippen molar-refractivity contribution in [3.63, 3.8) is 0 Å². The lowest BCUT2D eigenvalue weighted by molar-refractivity contribution is 0.0971. The molecule has 5 rings (SSSR count). The van der Waals surface area contributed by atoms with Crippen LogP contribution in [0.1, 0.15) is 37.7 Å². The summed E-state index contributed by atoms with van der Waals surface area (Å²) in [6, 6.07) is 5.15. The molecule has 2 aliphatic rings. The molecule has 3 aromatic rings. The molecule has 0 spiro atoms. The topological polar surface area (TPSA) is 127 Å². The predicted octanol–water partition coefficient (Wildman–Crippen LogP) is 1.17. The smallest absolute Gasteiger partial charge is 0.231 e. The normalized spacial score (nSPS) is 14.5. The van der Waals surface area contributed by atoms with Crippen molar-refractivity contribution in [1.82, 2.24) is 14.5 Å². The first-order chi connectivity index (χ1) is 12.6. The molecule has 9 nitrogen and oxygen atoms in total. The minimum atomic E-state index is -0.618. The van der Waals surface area contributed by atoms with E-state index in [2.05, 4.69) is 9.97 Å². The number of aromatic nitrogens is 3. The third kappa shape index (κ3) is 1.76. The van der Waals surface area contributed by atoms with Gasteiger partial charge < -0.3 is 24.7 Å². The van der Waals surface area contributed by atoms with Gasteiger partial charge in [-0.15, -0.1) is 0 Å². The molecule has 0 radical (unpaired) electrons. The lowest BCUT2D eigenvalue weighted by atomic mass is 9.93. The van der Waals surface area contributed by atoms with E-state index in [0.29, 0.717) is 17.1 Å². The Balaban J connectivity index is 1.61. The lowest BCUT2D eigenvalue weighted by Crippen LogP contribution is -2.19. The van der Waals surface area contributed by atoms with Crippen molar-refractivity contribution >= 4 is 11.6 Å². The van der Waals surface area contributed by atoms with Crippen LogP contribution in [0.5, 0.6) is 23.3 Å². The maximum atomic E-state index is 12.6. The fourth-order valence-corrected chi connectivity index (χ4v) is 3.28. The predicted molar refractivity (Wildman–Crippen MR) is 84.9 cm³/mol. The molecule has 0 bridgehead atoms. The molecule has 0 unspecified atom stereocenters. The van der Waals surface area contributed by atoms with Gasteiger partial charge >= 0.3 is 0 Å². The molecule has 130 valence electrons. The summed E-state index contributed by atoms with van der Waals surface area (Å²) in [5.41, 5.74) is 0.137. The summed E-state index contributed by atoms with van der Waals surface area (Å²) in [6.07, 6.45) is 1.22. The Morgan fingerprint density at radius 1 is 1.08 bits per heavy atom. The molecule has 26 heavy (non-hydrogen) atoms. The van der Waals surface area contributed by atoms with Crippen molar-refractivity contribution in [2.75, 3.05) is 6.79 Å². The van der Waals surface area contributed by atoms with Crippen LogP contribution in [0.25, 0.3) is 0 Å². The second-order valence-electron chi connectivity index (χ2n) is 5.96. The Morgan fingerprint density at radius 3 is 2.62 bits per heavy atom. The van der Waals surface area contributed by atoms with E-state index < -0.39 is 23.3 Å². The zero-order chi connectivity index (χ0) is 18.0. The average Bonchev–Trinajstić information content (AvgIpc) is 3.34. The molecule has 2 aromatic heterocycles. The third-order valence-corrected chi connectivity index (χ3v) is 4.52. The first kappa shape index (κ1) is 14.6. The number of rotatable bonds is 2. The number of benzene rings is 1. The molecule has 0 fully saturated rings. The number of fused-ring (bicyclic) bond motifs is 3. The zero-order valence-electron chi connectivity index (χ0n) is 13.1. The average molecular weight is 353 g/mol. The summed E-state index contributed by atoms with van der Waals surface area (Å²) < 4.78 is 11.7. The molecule has 0 saturated heterocycles. The van der Waals surface area contributed by atoms with Crippen molar-refractivity contribution < 1.29 is 29.3 Å². The van der Waals surface area contributed by atoms with Gasteiger partial charge in [0.25, 0.3) is 0 Å². The van der Waals surface area contributed by atoms with Crippen LogP contribution in [0, 0.1) is 0 Å². The van der Waals surface area contributed by atoms with Crippen LogP contribution in [0.3, 0.4) is 0 Å². The maximum absolute atomic E-state index is 12.6. The quantitative estimate of drug-likeness (QED) is 0.494. The summed E-state index contributed by atoms with van der Waals surface area (Å²) in [5.74, 6) is -1.03. The summed E-state index contributed by atoms with van der Waals surface area (Å²) in [6.45, 7) is 0.157. The van der Waals surface area contributed by atoms with Crippen molar-refractivity contribution in [1.29, 1.82) is 0 Å². The van der Waals surface area contributed by atoms with E-state index in [9.17, 15) is 19.8 Å². The highest BCUT2D eigenvalue weighted by Gasteiger charge is 2.40. The SMILES string of the molecule is O=C1c2nc[nH]c2C(=O)c2c1c(O)n(Cc1ccc3c(c1)OCO3)c2O. The van der Waals surface area contributed by atoms with E-state index in [4.69, 9.17) is 9.47 Å².